The molecule has 0 aliphatic carbocycles. The van der Waals surface area contributed by atoms with E-state index in [1.165, 1.54) is 0 Å². The molecule has 5 nitrogen and oxygen atoms in total. The maximum absolute atomic E-state index is 5.45. The van der Waals surface area contributed by atoms with E-state index >= 15 is 0 Å². The van der Waals surface area contributed by atoms with Crippen molar-refractivity contribution in [2.45, 2.75) is 12.5 Å². The first-order valence-corrected chi connectivity index (χ1v) is 6.33. The van der Waals surface area contributed by atoms with Crippen LogP contribution in [0.15, 0.2) is 12.1 Å². The number of ether oxygens (including phenoxy) is 3. The predicted octanol–water partition coefficient (Wildman–Crippen LogP) is 1.58. The zero-order valence-corrected chi connectivity index (χ0v) is 12.4. The van der Waals surface area contributed by atoms with Crippen LogP contribution in [0.1, 0.15) is 18.0 Å². The second-order valence-electron chi connectivity index (χ2n) is 4.18. The van der Waals surface area contributed by atoms with Crippen LogP contribution in [-0.2, 0) is 0 Å². The summed E-state index contributed by atoms with van der Waals surface area (Å²) < 4.78 is 16.1. The lowest BCUT2D eigenvalue weighted by Crippen LogP contribution is -2.22. The highest BCUT2D eigenvalue weighted by Gasteiger charge is 2.18. The molecule has 2 N–H and O–H groups in total. The molecule has 1 aromatic rings. The Labute approximate surface area is 115 Å². The van der Waals surface area contributed by atoms with Crippen LogP contribution in [0.2, 0.25) is 0 Å². The van der Waals surface area contributed by atoms with Gasteiger partial charge in [0, 0.05) is 17.7 Å². The number of benzene rings is 1. The van der Waals surface area contributed by atoms with Crippen LogP contribution < -0.4 is 24.8 Å². The van der Waals surface area contributed by atoms with Gasteiger partial charge >= 0.3 is 0 Å². The van der Waals surface area contributed by atoms with Crippen molar-refractivity contribution in [2.75, 3.05) is 42.0 Å². The topological polar surface area (TPSA) is 51.8 Å². The Bertz CT molecular complexity index is 397. The lowest BCUT2D eigenvalue weighted by molar-refractivity contribution is 0.344. The zero-order chi connectivity index (χ0) is 14.3. The van der Waals surface area contributed by atoms with Gasteiger partial charge in [-0.15, -0.1) is 0 Å². The minimum Gasteiger partial charge on any atom is -0.496 e. The fourth-order valence-corrected chi connectivity index (χ4v) is 2.07. The quantitative estimate of drug-likeness (QED) is 0.750. The molecule has 1 rings (SSSR count). The Morgan fingerprint density at radius 2 is 1.53 bits per heavy atom. The molecule has 19 heavy (non-hydrogen) atoms. The number of hydrogen-bond donors (Lipinski definition) is 2. The highest BCUT2D eigenvalue weighted by Crippen LogP contribution is 2.38. The average molecular weight is 268 g/mol. The van der Waals surface area contributed by atoms with E-state index in [-0.39, 0.29) is 6.04 Å². The summed E-state index contributed by atoms with van der Waals surface area (Å²) in [4.78, 5) is 0. The molecule has 1 aromatic carbocycles. The van der Waals surface area contributed by atoms with Gasteiger partial charge in [0.25, 0.3) is 0 Å². The van der Waals surface area contributed by atoms with E-state index in [4.69, 9.17) is 14.2 Å². The molecule has 0 radical (unpaired) electrons. The van der Waals surface area contributed by atoms with Crippen LogP contribution in [0.3, 0.4) is 0 Å². The second-order valence-corrected chi connectivity index (χ2v) is 4.18. The Hall–Kier alpha value is -1.46. The summed E-state index contributed by atoms with van der Waals surface area (Å²) in [5.41, 5.74) is 1.07. The fourth-order valence-electron chi connectivity index (χ4n) is 2.07. The van der Waals surface area contributed by atoms with Gasteiger partial charge < -0.3 is 24.8 Å². The fraction of sp³-hybridized carbons (Fsp3) is 0.571. The van der Waals surface area contributed by atoms with Gasteiger partial charge in [-0.2, -0.15) is 0 Å². The lowest BCUT2D eigenvalue weighted by atomic mass is 10.0. The molecule has 1 atom stereocenters. The van der Waals surface area contributed by atoms with Crippen LogP contribution in [0, 0.1) is 0 Å². The Morgan fingerprint density at radius 1 is 0.947 bits per heavy atom. The van der Waals surface area contributed by atoms with E-state index in [1.54, 1.807) is 21.3 Å². The number of methoxy groups -OCH3 is 3. The molecule has 0 aliphatic heterocycles. The maximum Gasteiger partial charge on any atom is 0.164 e. The predicted molar refractivity (Wildman–Crippen MR) is 76.4 cm³/mol. The lowest BCUT2D eigenvalue weighted by Gasteiger charge is -2.21. The summed E-state index contributed by atoms with van der Waals surface area (Å²) in [6, 6.07) is 4.02. The van der Waals surface area contributed by atoms with Crippen LogP contribution >= 0.6 is 0 Å². The van der Waals surface area contributed by atoms with Crippen molar-refractivity contribution in [3.63, 3.8) is 0 Å². The number of nitrogens with one attached hydrogen (secondary N) is 2. The second kappa shape index (κ2) is 7.86. The summed E-state index contributed by atoms with van der Waals surface area (Å²) in [6.07, 6.45) is 0.957. The minimum absolute atomic E-state index is 0.196. The monoisotopic (exact) mass is 268 g/mol. The van der Waals surface area contributed by atoms with Crippen LogP contribution in [0.4, 0.5) is 0 Å². The standard InChI is InChI=1S/C14H24N2O3/c1-15-7-6-11(16-2)10-8-13(18-4)14(19-5)9-12(10)17-3/h8-9,11,15-16H,6-7H2,1-5H3. The van der Waals surface area contributed by atoms with Crippen molar-refractivity contribution >= 4 is 0 Å². The number of rotatable bonds is 8. The van der Waals surface area contributed by atoms with Gasteiger partial charge in [-0.3, -0.25) is 0 Å². The Morgan fingerprint density at radius 3 is 2.00 bits per heavy atom. The third kappa shape index (κ3) is 3.75. The molecule has 5 heteroatoms. The highest BCUT2D eigenvalue weighted by atomic mass is 16.5. The van der Waals surface area contributed by atoms with E-state index in [9.17, 15) is 0 Å². The van der Waals surface area contributed by atoms with Crippen molar-refractivity contribution < 1.29 is 14.2 Å². The van der Waals surface area contributed by atoms with Gasteiger partial charge in [0.05, 0.1) is 21.3 Å². The van der Waals surface area contributed by atoms with Gasteiger partial charge in [0.15, 0.2) is 11.5 Å². The third-order valence-corrected chi connectivity index (χ3v) is 3.14. The molecule has 0 heterocycles. The van der Waals surface area contributed by atoms with Gasteiger partial charge in [0.2, 0.25) is 0 Å². The summed E-state index contributed by atoms with van der Waals surface area (Å²) in [5.74, 6) is 2.18. The summed E-state index contributed by atoms with van der Waals surface area (Å²) in [5, 5.41) is 6.45. The Kier molecular flexibility index (Phi) is 6.45. The van der Waals surface area contributed by atoms with E-state index in [2.05, 4.69) is 10.6 Å². The van der Waals surface area contributed by atoms with Crippen molar-refractivity contribution in [3.8, 4) is 17.2 Å². The van der Waals surface area contributed by atoms with E-state index in [0.717, 1.165) is 24.3 Å². The van der Waals surface area contributed by atoms with Crippen LogP contribution in [0.5, 0.6) is 17.2 Å². The molecule has 0 aromatic heterocycles. The van der Waals surface area contributed by atoms with Crippen molar-refractivity contribution in [2.24, 2.45) is 0 Å². The normalized spacial score (nSPS) is 12.1. The Balaban J connectivity index is 3.15. The largest absolute Gasteiger partial charge is 0.496 e. The van der Waals surface area contributed by atoms with Crippen molar-refractivity contribution in [1.29, 1.82) is 0 Å². The zero-order valence-electron chi connectivity index (χ0n) is 12.4. The van der Waals surface area contributed by atoms with Gasteiger partial charge in [-0.25, -0.2) is 0 Å². The van der Waals surface area contributed by atoms with Crippen LogP contribution in [-0.4, -0.2) is 42.0 Å². The molecular formula is C14H24N2O3. The van der Waals surface area contributed by atoms with Gasteiger partial charge in [-0.1, -0.05) is 0 Å². The first-order valence-electron chi connectivity index (χ1n) is 6.33. The van der Waals surface area contributed by atoms with E-state index in [0.29, 0.717) is 11.5 Å². The van der Waals surface area contributed by atoms with Crippen molar-refractivity contribution in [3.05, 3.63) is 17.7 Å². The molecule has 0 bridgehead atoms. The first-order chi connectivity index (χ1) is 9.21. The smallest absolute Gasteiger partial charge is 0.164 e. The molecule has 108 valence electrons. The minimum atomic E-state index is 0.196. The summed E-state index contributed by atoms with van der Waals surface area (Å²) in [6.45, 7) is 0.920. The molecule has 0 aliphatic rings. The maximum atomic E-state index is 5.45. The molecule has 0 saturated carbocycles. The molecule has 1 unspecified atom stereocenters. The first kappa shape index (κ1) is 15.6. The van der Waals surface area contributed by atoms with E-state index < -0.39 is 0 Å². The molecule has 0 amide bonds. The summed E-state index contributed by atoms with van der Waals surface area (Å²) >= 11 is 0. The molecular weight excluding hydrogens is 244 g/mol. The third-order valence-electron chi connectivity index (χ3n) is 3.14. The molecule has 0 fully saturated rings. The van der Waals surface area contributed by atoms with Crippen molar-refractivity contribution in [1.82, 2.24) is 10.6 Å². The van der Waals surface area contributed by atoms with Gasteiger partial charge in [-0.05, 0) is 33.1 Å². The molecule has 0 saturated heterocycles. The SMILES string of the molecule is CNCCC(NC)c1cc(OC)c(OC)cc1OC. The van der Waals surface area contributed by atoms with Gasteiger partial charge in [0.1, 0.15) is 5.75 Å². The van der Waals surface area contributed by atoms with Crippen LogP contribution in [0.25, 0.3) is 0 Å². The van der Waals surface area contributed by atoms with E-state index in [1.807, 2.05) is 26.2 Å². The highest BCUT2D eigenvalue weighted by molar-refractivity contribution is 5.51. The average Bonchev–Trinajstić information content (AvgIpc) is 2.47. The summed E-state index contributed by atoms with van der Waals surface area (Å²) in [7, 11) is 8.80. The molecule has 0 spiro atoms. The number of hydrogen-bond acceptors (Lipinski definition) is 5.